The number of benzene rings is 2. The zero-order valence-electron chi connectivity index (χ0n) is 22.0. The minimum Gasteiger partial charge on any atom is -0.494 e. The number of hydrogen-bond acceptors (Lipinski definition) is 6. The standard InChI is InChI=1S/C29H33N7O2/c1-33-11-13-36(14-12-33)21-7-9-24-20(15-21)18-35(3)27(31-24)26-23-8-6-19(16-25(23)32-29(26)38)28(37)30-17-22-5-4-10-34(22)2/h4-10,15-16,32,38H,11-14,17-18H2,1-3H3,(H,30,37). The second kappa shape index (κ2) is 9.57. The number of aryl methyl sites for hydroxylation is 1. The van der Waals surface area contributed by atoms with Gasteiger partial charge < -0.3 is 34.7 Å². The van der Waals surface area contributed by atoms with Crippen LogP contribution in [-0.4, -0.2) is 76.5 Å². The first-order valence-electron chi connectivity index (χ1n) is 13.0. The van der Waals surface area contributed by atoms with Crippen molar-refractivity contribution in [1.29, 1.82) is 0 Å². The molecule has 0 atom stereocenters. The summed E-state index contributed by atoms with van der Waals surface area (Å²) in [5, 5.41) is 14.7. The number of carbonyl (C=O) groups excluding carboxylic acids is 1. The lowest BCUT2D eigenvalue weighted by atomic mass is 10.0. The van der Waals surface area contributed by atoms with E-state index in [0.717, 1.165) is 42.9 Å². The van der Waals surface area contributed by atoms with Crippen LogP contribution in [-0.2, 0) is 20.1 Å². The topological polar surface area (TPSA) is 92.1 Å². The van der Waals surface area contributed by atoms with Crippen LogP contribution in [0.4, 0.5) is 11.4 Å². The van der Waals surface area contributed by atoms with Gasteiger partial charge in [-0.15, -0.1) is 0 Å². The number of H-pyrrole nitrogens is 1. The van der Waals surface area contributed by atoms with Crippen molar-refractivity contribution in [3.63, 3.8) is 0 Å². The molecule has 0 spiro atoms. The van der Waals surface area contributed by atoms with Crippen LogP contribution in [0.25, 0.3) is 10.9 Å². The van der Waals surface area contributed by atoms with Gasteiger partial charge in [0.25, 0.3) is 5.91 Å². The number of aliphatic imine (C=N–C) groups is 1. The second-order valence-electron chi connectivity index (χ2n) is 10.3. The van der Waals surface area contributed by atoms with Crippen molar-refractivity contribution in [1.82, 2.24) is 24.7 Å². The number of aromatic hydroxyl groups is 1. The number of carbonyl (C=O) groups is 1. The Morgan fingerprint density at radius 1 is 1.05 bits per heavy atom. The lowest BCUT2D eigenvalue weighted by Gasteiger charge is -2.35. The number of nitrogens with one attached hydrogen (secondary N) is 2. The molecular weight excluding hydrogens is 478 g/mol. The third-order valence-electron chi connectivity index (χ3n) is 7.67. The van der Waals surface area contributed by atoms with Crippen LogP contribution in [0, 0.1) is 0 Å². The summed E-state index contributed by atoms with van der Waals surface area (Å²) < 4.78 is 1.98. The van der Waals surface area contributed by atoms with Gasteiger partial charge in [-0.3, -0.25) is 4.79 Å². The molecule has 196 valence electrons. The molecule has 38 heavy (non-hydrogen) atoms. The van der Waals surface area contributed by atoms with E-state index in [1.807, 2.05) is 43.1 Å². The normalized spacial score (nSPS) is 16.0. The molecule has 4 aromatic rings. The Morgan fingerprint density at radius 2 is 1.87 bits per heavy atom. The third-order valence-corrected chi connectivity index (χ3v) is 7.67. The van der Waals surface area contributed by atoms with E-state index in [-0.39, 0.29) is 11.8 Å². The highest BCUT2D eigenvalue weighted by molar-refractivity contribution is 6.14. The van der Waals surface area contributed by atoms with E-state index in [1.165, 1.54) is 11.3 Å². The Balaban J connectivity index is 1.26. The van der Waals surface area contributed by atoms with Gasteiger partial charge in [0, 0.05) is 80.9 Å². The summed E-state index contributed by atoms with van der Waals surface area (Å²) in [4.78, 5) is 27.7. The first-order valence-corrected chi connectivity index (χ1v) is 13.0. The number of amides is 1. The monoisotopic (exact) mass is 511 g/mol. The van der Waals surface area contributed by atoms with E-state index >= 15 is 0 Å². The van der Waals surface area contributed by atoms with Crippen LogP contribution in [0.3, 0.4) is 0 Å². The van der Waals surface area contributed by atoms with Crippen molar-refractivity contribution >= 4 is 34.0 Å². The van der Waals surface area contributed by atoms with Crippen molar-refractivity contribution in [2.45, 2.75) is 13.1 Å². The fourth-order valence-electron chi connectivity index (χ4n) is 5.35. The van der Waals surface area contributed by atoms with Gasteiger partial charge in [-0.1, -0.05) is 6.07 Å². The maximum atomic E-state index is 12.8. The summed E-state index contributed by atoms with van der Waals surface area (Å²) in [5.41, 5.74) is 6.21. The molecule has 2 aromatic heterocycles. The molecule has 3 N–H and O–H groups in total. The minimum absolute atomic E-state index is 0.0458. The van der Waals surface area contributed by atoms with E-state index in [9.17, 15) is 9.90 Å². The van der Waals surface area contributed by atoms with Gasteiger partial charge in [0.2, 0.25) is 5.88 Å². The van der Waals surface area contributed by atoms with Gasteiger partial charge in [0.15, 0.2) is 0 Å². The maximum Gasteiger partial charge on any atom is 0.251 e. The Bertz CT molecular complexity index is 1540. The lowest BCUT2D eigenvalue weighted by molar-refractivity contribution is 0.0950. The molecule has 2 aliphatic heterocycles. The maximum absolute atomic E-state index is 12.8. The van der Waals surface area contributed by atoms with Gasteiger partial charge in [-0.2, -0.15) is 0 Å². The number of likely N-dealkylation sites (N-methyl/N-ethyl adjacent to an activating group) is 1. The molecular formula is C29H33N7O2. The fourth-order valence-corrected chi connectivity index (χ4v) is 5.35. The summed E-state index contributed by atoms with van der Waals surface area (Å²) in [5.74, 6) is 0.583. The van der Waals surface area contributed by atoms with E-state index < -0.39 is 0 Å². The van der Waals surface area contributed by atoms with Gasteiger partial charge in [-0.25, -0.2) is 4.99 Å². The fraction of sp³-hybridized carbons (Fsp3) is 0.310. The van der Waals surface area contributed by atoms with Crippen molar-refractivity contribution in [2.24, 2.45) is 12.0 Å². The van der Waals surface area contributed by atoms with Crippen molar-refractivity contribution in [3.8, 4) is 5.88 Å². The largest absolute Gasteiger partial charge is 0.494 e. The van der Waals surface area contributed by atoms with Crippen LogP contribution in [0.5, 0.6) is 5.88 Å². The summed E-state index contributed by atoms with van der Waals surface area (Å²) in [7, 11) is 6.11. The lowest BCUT2D eigenvalue weighted by Crippen LogP contribution is -2.44. The average molecular weight is 512 g/mol. The van der Waals surface area contributed by atoms with Crippen molar-refractivity contribution in [3.05, 3.63) is 77.1 Å². The molecule has 0 radical (unpaired) electrons. The SMILES string of the molecule is CN1CCN(c2ccc3c(c2)CN(C)C(c2c(O)[nH]c4cc(C(=O)NCc5cccn5C)ccc24)=N3)CC1. The number of aromatic nitrogens is 2. The molecule has 1 fully saturated rings. The smallest absolute Gasteiger partial charge is 0.251 e. The zero-order chi connectivity index (χ0) is 26.4. The van der Waals surface area contributed by atoms with E-state index in [1.54, 1.807) is 12.1 Å². The highest BCUT2D eigenvalue weighted by Gasteiger charge is 2.25. The van der Waals surface area contributed by atoms with Gasteiger partial charge >= 0.3 is 0 Å². The minimum atomic E-state index is -0.166. The quantitative estimate of drug-likeness (QED) is 0.382. The number of fused-ring (bicyclic) bond motifs is 2. The van der Waals surface area contributed by atoms with Crippen LogP contribution < -0.4 is 10.2 Å². The number of hydrogen-bond donors (Lipinski definition) is 3. The predicted octanol–water partition coefficient (Wildman–Crippen LogP) is 3.42. The Morgan fingerprint density at radius 3 is 2.63 bits per heavy atom. The zero-order valence-corrected chi connectivity index (χ0v) is 22.0. The molecule has 6 rings (SSSR count). The number of piperazine rings is 1. The molecule has 0 unspecified atom stereocenters. The predicted molar refractivity (Wildman–Crippen MR) is 150 cm³/mol. The highest BCUT2D eigenvalue weighted by atomic mass is 16.3. The summed E-state index contributed by atoms with van der Waals surface area (Å²) in [6.45, 7) is 5.31. The number of nitrogens with zero attached hydrogens (tertiary/aromatic N) is 5. The average Bonchev–Trinajstić information content (AvgIpc) is 3.47. The summed E-state index contributed by atoms with van der Waals surface area (Å²) in [6.07, 6.45) is 1.95. The Hall–Kier alpha value is -4.24. The van der Waals surface area contributed by atoms with E-state index in [2.05, 4.69) is 50.2 Å². The highest BCUT2D eigenvalue weighted by Crippen LogP contribution is 2.36. The Kier molecular flexibility index (Phi) is 6.07. The number of amidine groups is 1. The van der Waals surface area contributed by atoms with Crippen LogP contribution in [0.1, 0.15) is 27.2 Å². The number of aromatic amines is 1. The van der Waals surface area contributed by atoms with Gasteiger partial charge in [0.1, 0.15) is 5.84 Å². The number of rotatable bonds is 5. The second-order valence-corrected chi connectivity index (χ2v) is 10.3. The van der Waals surface area contributed by atoms with E-state index in [4.69, 9.17) is 4.99 Å². The third kappa shape index (κ3) is 4.39. The summed E-state index contributed by atoms with van der Waals surface area (Å²) >= 11 is 0. The van der Waals surface area contributed by atoms with Crippen molar-refractivity contribution in [2.75, 3.05) is 45.2 Å². The van der Waals surface area contributed by atoms with Gasteiger partial charge in [0.05, 0.1) is 17.8 Å². The summed E-state index contributed by atoms with van der Waals surface area (Å²) in [6, 6.07) is 15.8. The van der Waals surface area contributed by atoms with Crippen LogP contribution in [0.2, 0.25) is 0 Å². The molecule has 9 heteroatoms. The Labute approximate surface area is 222 Å². The molecule has 0 aliphatic carbocycles. The van der Waals surface area contributed by atoms with Gasteiger partial charge in [-0.05, 0) is 55.1 Å². The molecule has 0 saturated carbocycles. The molecule has 4 heterocycles. The molecule has 9 nitrogen and oxygen atoms in total. The van der Waals surface area contributed by atoms with Crippen molar-refractivity contribution < 1.29 is 9.90 Å². The molecule has 0 bridgehead atoms. The molecule has 2 aliphatic rings. The van der Waals surface area contributed by atoms with E-state index in [0.29, 0.717) is 35.6 Å². The van der Waals surface area contributed by atoms with Crippen LogP contribution >= 0.6 is 0 Å². The molecule has 1 saturated heterocycles. The molecule has 1 amide bonds. The first kappa shape index (κ1) is 24.1. The molecule has 2 aromatic carbocycles. The number of anilines is 1. The van der Waals surface area contributed by atoms with Crippen LogP contribution in [0.15, 0.2) is 59.7 Å². The first-order chi connectivity index (χ1) is 18.4.